The van der Waals surface area contributed by atoms with Crippen LogP contribution in [0.4, 0.5) is 0 Å². The number of ether oxygens (including phenoxy) is 1. The fraction of sp³-hybridized carbons (Fsp3) is 0.947. The number of nitrogens with zero attached hydrogens (tertiary/aromatic N) is 1. The standard InChI is InChI=1S/C19H40NO2/c1-5-6-7-8-9-10-11-12-13-16-19(21)22-18-15-14-17-20(2,3)4/h5-18H2,1-4H3/q+1. The molecule has 0 aromatic rings. The molecule has 0 spiro atoms. The third-order valence-corrected chi connectivity index (χ3v) is 3.97. The third kappa shape index (κ3) is 17.5. The number of esters is 1. The summed E-state index contributed by atoms with van der Waals surface area (Å²) in [5, 5.41) is 0. The molecule has 0 heterocycles. The van der Waals surface area contributed by atoms with E-state index >= 15 is 0 Å². The predicted octanol–water partition coefficient (Wildman–Crippen LogP) is 4.94. The molecule has 3 heteroatoms. The number of unbranched alkanes of at least 4 members (excludes halogenated alkanes) is 9. The van der Waals surface area contributed by atoms with Crippen molar-refractivity contribution in [1.82, 2.24) is 0 Å². The summed E-state index contributed by atoms with van der Waals surface area (Å²) in [5.41, 5.74) is 0. The maximum absolute atomic E-state index is 11.6. The zero-order valence-corrected chi connectivity index (χ0v) is 15.7. The first kappa shape index (κ1) is 21.4. The number of hydrogen-bond donors (Lipinski definition) is 0. The van der Waals surface area contributed by atoms with Crippen LogP contribution in [0.15, 0.2) is 0 Å². The van der Waals surface area contributed by atoms with Crippen LogP contribution < -0.4 is 0 Å². The fourth-order valence-corrected chi connectivity index (χ4v) is 2.53. The van der Waals surface area contributed by atoms with Crippen molar-refractivity contribution in [3.63, 3.8) is 0 Å². The van der Waals surface area contributed by atoms with Gasteiger partial charge < -0.3 is 9.22 Å². The SMILES string of the molecule is CCCCCCCCCCCC(=O)OCCCC[N+](C)(C)C. The molecule has 0 unspecified atom stereocenters. The van der Waals surface area contributed by atoms with Crippen LogP contribution in [0.3, 0.4) is 0 Å². The van der Waals surface area contributed by atoms with E-state index in [1.54, 1.807) is 0 Å². The summed E-state index contributed by atoms with van der Waals surface area (Å²) in [7, 11) is 6.57. The first-order valence-electron chi connectivity index (χ1n) is 9.42. The van der Waals surface area contributed by atoms with Gasteiger partial charge in [0.1, 0.15) is 0 Å². The average molecular weight is 315 g/mol. The quantitative estimate of drug-likeness (QED) is 0.243. The van der Waals surface area contributed by atoms with Crippen LogP contribution in [-0.2, 0) is 9.53 Å². The third-order valence-electron chi connectivity index (χ3n) is 3.97. The largest absolute Gasteiger partial charge is 0.466 e. The van der Waals surface area contributed by atoms with Crippen LogP contribution in [-0.4, -0.2) is 44.7 Å². The molecule has 132 valence electrons. The van der Waals surface area contributed by atoms with Gasteiger partial charge in [0.2, 0.25) is 0 Å². The predicted molar refractivity (Wildman–Crippen MR) is 94.9 cm³/mol. The van der Waals surface area contributed by atoms with Crippen molar-refractivity contribution < 1.29 is 14.0 Å². The Hall–Kier alpha value is -0.570. The van der Waals surface area contributed by atoms with E-state index in [0.29, 0.717) is 13.0 Å². The Balaban J connectivity index is 3.23. The number of carbonyl (C=O) groups excluding carboxylic acids is 1. The molecule has 22 heavy (non-hydrogen) atoms. The smallest absolute Gasteiger partial charge is 0.305 e. The maximum atomic E-state index is 11.6. The Morgan fingerprint density at radius 3 is 1.86 bits per heavy atom. The zero-order valence-electron chi connectivity index (χ0n) is 15.7. The van der Waals surface area contributed by atoms with E-state index in [4.69, 9.17) is 4.74 Å². The molecule has 0 bridgehead atoms. The molecule has 0 aliphatic heterocycles. The first-order valence-corrected chi connectivity index (χ1v) is 9.42. The molecule has 0 rings (SSSR count). The minimum Gasteiger partial charge on any atom is -0.466 e. The molecule has 0 N–H and O–H groups in total. The first-order chi connectivity index (χ1) is 10.5. The maximum Gasteiger partial charge on any atom is 0.305 e. The molecule has 0 fully saturated rings. The van der Waals surface area contributed by atoms with Crippen molar-refractivity contribution in [3.8, 4) is 0 Å². The zero-order chi connectivity index (χ0) is 16.7. The summed E-state index contributed by atoms with van der Waals surface area (Å²) >= 11 is 0. The highest BCUT2D eigenvalue weighted by atomic mass is 16.5. The Bertz CT molecular complexity index is 259. The molecular weight excluding hydrogens is 274 g/mol. The van der Waals surface area contributed by atoms with Gasteiger partial charge in [0, 0.05) is 6.42 Å². The van der Waals surface area contributed by atoms with E-state index in [1.165, 1.54) is 51.4 Å². The molecule has 0 radical (unpaired) electrons. The Labute approximate surface area is 139 Å². The molecule has 0 aliphatic rings. The highest BCUT2D eigenvalue weighted by Crippen LogP contribution is 2.10. The Kier molecular flexibility index (Phi) is 13.7. The summed E-state index contributed by atoms with van der Waals surface area (Å²) in [6, 6.07) is 0. The lowest BCUT2D eigenvalue weighted by molar-refractivity contribution is -0.870. The van der Waals surface area contributed by atoms with Crippen LogP contribution in [0, 0.1) is 0 Å². The molecule has 0 saturated heterocycles. The Morgan fingerprint density at radius 1 is 0.773 bits per heavy atom. The number of carbonyl (C=O) groups is 1. The fourth-order valence-electron chi connectivity index (χ4n) is 2.53. The van der Waals surface area contributed by atoms with Crippen molar-refractivity contribution >= 4 is 5.97 Å². The van der Waals surface area contributed by atoms with Crippen molar-refractivity contribution in [3.05, 3.63) is 0 Å². The molecule has 0 aliphatic carbocycles. The second kappa shape index (κ2) is 14.0. The summed E-state index contributed by atoms with van der Waals surface area (Å²) in [5.74, 6) is -0.00630. The highest BCUT2D eigenvalue weighted by molar-refractivity contribution is 5.69. The molecule has 0 aromatic carbocycles. The Morgan fingerprint density at radius 2 is 1.32 bits per heavy atom. The van der Waals surface area contributed by atoms with Gasteiger partial charge in [-0.1, -0.05) is 58.3 Å². The van der Waals surface area contributed by atoms with Crippen LogP contribution in [0.2, 0.25) is 0 Å². The molecule has 3 nitrogen and oxygen atoms in total. The van der Waals surface area contributed by atoms with E-state index in [9.17, 15) is 4.79 Å². The summed E-state index contributed by atoms with van der Waals surface area (Å²) in [4.78, 5) is 11.6. The second-order valence-corrected chi connectivity index (χ2v) is 7.52. The summed E-state index contributed by atoms with van der Waals surface area (Å²) in [6.45, 7) is 3.98. The van der Waals surface area contributed by atoms with Crippen LogP contribution >= 0.6 is 0 Å². The summed E-state index contributed by atoms with van der Waals surface area (Å²) < 4.78 is 6.26. The summed E-state index contributed by atoms with van der Waals surface area (Å²) in [6.07, 6.45) is 14.3. The lowest BCUT2D eigenvalue weighted by Crippen LogP contribution is -2.35. The van der Waals surface area contributed by atoms with Gasteiger partial charge >= 0.3 is 5.97 Å². The van der Waals surface area contributed by atoms with Crippen LogP contribution in [0.1, 0.15) is 84.0 Å². The second-order valence-electron chi connectivity index (χ2n) is 7.52. The van der Waals surface area contributed by atoms with Gasteiger partial charge in [-0.25, -0.2) is 0 Å². The van der Waals surface area contributed by atoms with E-state index < -0.39 is 0 Å². The minimum absolute atomic E-state index is 0.00630. The van der Waals surface area contributed by atoms with E-state index in [1.807, 2.05) is 0 Å². The van der Waals surface area contributed by atoms with Crippen molar-refractivity contribution in [2.45, 2.75) is 84.0 Å². The van der Waals surface area contributed by atoms with Gasteiger partial charge in [0.15, 0.2) is 0 Å². The normalized spacial score (nSPS) is 11.6. The van der Waals surface area contributed by atoms with Gasteiger partial charge in [-0.2, -0.15) is 0 Å². The lowest BCUT2D eigenvalue weighted by Gasteiger charge is -2.23. The highest BCUT2D eigenvalue weighted by Gasteiger charge is 2.07. The topological polar surface area (TPSA) is 26.3 Å². The van der Waals surface area contributed by atoms with Crippen LogP contribution in [0.5, 0.6) is 0 Å². The monoisotopic (exact) mass is 314 g/mol. The number of rotatable bonds is 15. The van der Waals surface area contributed by atoms with Gasteiger partial charge in [-0.3, -0.25) is 4.79 Å². The van der Waals surface area contributed by atoms with Gasteiger partial charge in [0.25, 0.3) is 0 Å². The van der Waals surface area contributed by atoms with Gasteiger partial charge in [-0.15, -0.1) is 0 Å². The lowest BCUT2D eigenvalue weighted by atomic mass is 10.1. The van der Waals surface area contributed by atoms with E-state index in [0.717, 1.165) is 30.3 Å². The van der Waals surface area contributed by atoms with E-state index in [-0.39, 0.29) is 5.97 Å². The molecular formula is C19H40NO2+. The van der Waals surface area contributed by atoms with Gasteiger partial charge in [-0.05, 0) is 19.3 Å². The molecule has 0 aromatic heterocycles. The van der Waals surface area contributed by atoms with Gasteiger partial charge in [0.05, 0.1) is 34.3 Å². The van der Waals surface area contributed by atoms with Crippen molar-refractivity contribution in [2.24, 2.45) is 0 Å². The average Bonchev–Trinajstić information content (AvgIpc) is 2.44. The van der Waals surface area contributed by atoms with Crippen LogP contribution in [0.25, 0.3) is 0 Å². The van der Waals surface area contributed by atoms with Crippen molar-refractivity contribution in [2.75, 3.05) is 34.3 Å². The molecule has 0 amide bonds. The van der Waals surface area contributed by atoms with E-state index in [2.05, 4.69) is 28.1 Å². The number of quaternary nitrogens is 1. The number of hydrogen-bond acceptors (Lipinski definition) is 2. The molecule has 0 saturated carbocycles. The van der Waals surface area contributed by atoms with Crippen molar-refractivity contribution in [1.29, 1.82) is 0 Å². The minimum atomic E-state index is -0.00630. The molecule has 0 atom stereocenters.